The van der Waals surface area contributed by atoms with E-state index in [2.05, 4.69) is 20.0 Å². The van der Waals surface area contributed by atoms with Gasteiger partial charge in [-0.25, -0.2) is 0 Å². The van der Waals surface area contributed by atoms with Gasteiger partial charge in [0.05, 0.1) is 26.1 Å². The Labute approximate surface area is 116 Å². The highest BCUT2D eigenvalue weighted by Gasteiger charge is 2.66. The van der Waals surface area contributed by atoms with Gasteiger partial charge in [0.25, 0.3) is 0 Å². The first-order chi connectivity index (χ1) is 9.07. The Morgan fingerprint density at radius 2 is 2.21 bits per heavy atom. The van der Waals surface area contributed by atoms with Crippen LogP contribution in [0.5, 0.6) is 0 Å². The first-order valence-electron chi connectivity index (χ1n) is 8.15. The molecular formula is C17H26NO+. The lowest BCUT2D eigenvalue weighted by atomic mass is 9.51. The fraction of sp³-hybridized carbons (Fsp3) is 0.824. The zero-order valence-corrected chi connectivity index (χ0v) is 12.3. The molecule has 4 aliphatic rings. The summed E-state index contributed by atoms with van der Waals surface area (Å²) in [5.74, 6) is 2.33. The summed E-state index contributed by atoms with van der Waals surface area (Å²) >= 11 is 0. The highest BCUT2D eigenvalue weighted by atomic mass is 16.1. The first-order valence-corrected chi connectivity index (χ1v) is 8.15. The molecule has 0 aromatic heterocycles. The van der Waals surface area contributed by atoms with Crippen LogP contribution in [0.2, 0.25) is 0 Å². The molecule has 2 aliphatic carbocycles. The summed E-state index contributed by atoms with van der Waals surface area (Å²) in [5, 5.41) is 0. The van der Waals surface area contributed by atoms with Gasteiger partial charge in [0, 0.05) is 19.3 Å². The summed E-state index contributed by atoms with van der Waals surface area (Å²) < 4.78 is 1.18. The molecule has 1 saturated heterocycles. The molecular weight excluding hydrogens is 234 g/mol. The molecule has 2 heterocycles. The average Bonchev–Trinajstić information content (AvgIpc) is 2.34. The van der Waals surface area contributed by atoms with Crippen molar-refractivity contribution in [3.63, 3.8) is 0 Å². The van der Waals surface area contributed by atoms with Gasteiger partial charge in [-0.1, -0.05) is 13.0 Å². The average molecular weight is 260 g/mol. The lowest BCUT2D eigenvalue weighted by Gasteiger charge is -2.65. The van der Waals surface area contributed by atoms with Gasteiger partial charge in [0.15, 0.2) is 0 Å². The second-order valence-corrected chi connectivity index (χ2v) is 7.82. The van der Waals surface area contributed by atoms with Gasteiger partial charge in [0.2, 0.25) is 0 Å². The van der Waals surface area contributed by atoms with E-state index in [4.69, 9.17) is 0 Å². The molecule has 2 bridgehead atoms. The maximum atomic E-state index is 12.7. The van der Waals surface area contributed by atoms with Crippen molar-refractivity contribution in [1.82, 2.24) is 0 Å². The molecule has 5 atom stereocenters. The minimum absolute atomic E-state index is 0.216. The van der Waals surface area contributed by atoms with Crippen LogP contribution in [0.4, 0.5) is 0 Å². The van der Waals surface area contributed by atoms with Gasteiger partial charge in [-0.05, 0) is 36.7 Å². The lowest BCUT2D eigenvalue weighted by Crippen LogP contribution is -2.75. The predicted octanol–water partition coefficient (Wildman–Crippen LogP) is 2.93. The van der Waals surface area contributed by atoms with Crippen molar-refractivity contribution in [2.24, 2.45) is 17.8 Å². The molecule has 2 nitrogen and oxygen atoms in total. The maximum Gasteiger partial charge on any atom is 0.143 e. The van der Waals surface area contributed by atoms with Gasteiger partial charge in [0.1, 0.15) is 11.3 Å². The number of quaternary nitrogens is 1. The Bertz CT molecular complexity index is 468. The summed E-state index contributed by atoms with van der Waals surface area (Å²) in [4.78, 5) is 12.7. The van der Waals surface area contributed by atoms with Gasteiger partial charge in [-0.2, -0.15) is 0 Å². The number of hydrogen-bond donors (Lipinski definition) is 0. The zero-order valence-electron chi connectivity index (χ0n) is 12.3. The van der Waals surface area contributed by atoms with E-state index < -0.39 is 0 Å². The summed E-state index contributed by atoms with van der Waals surface area (Å²) in [7, 11) is 2.45. The van der Waals surface area contributed by atoms with Crippen LogP contribution < -0.4 is 0 Å². The second kappa shape index (κ2) is 3.72. The summed E-state index contributed by atoms with van der Waals surface area (Å²) in [6, 6.07) is 0. The van der Waals surface area contributed by atoms with Gasteiger partial charge in [-0.3, -0.25) is 4.79 Å². The number of piperidine rings is 1. The van der Waals surface area contributed by atoms with Crippen LogP contribution in [-0.2, 0) is 4.79 Å². The van der Waals surface area contributed by atoms with Crippen LogP contribution in [0.25, 0.3) is 0 Å². The highest BCUT2D eigenvalue weighted by Crippen LogP contribution is 2.59. The van der Waals surface area contributed by atoms with Crippen molar-refractivity contribution in [2.45, 2.75) is 51.0 Å². The molecule has 104 valence electrons. The summed E-state index contributed by atoms with van der Waals surface area (Å²) in [6.07, 6.45) is 9.56. The quantitative estimate of drug-likeness (QED) is 0.483. The van der Waals surface area contributed by atoms with Gasteiger partial charge in [-0.15, -0.1) is 0 Å². The van der Waals surface area contributed by atoms with E-state index in [-0.39, 0.29) is 5.54 Å². The molecule has 0 aromatic carbocycles. The number of carbonyl (C=O) groups is 1. The molecule has 0 aromatic rings. The van der Waals surface area contributed by atoms with Gasteiger partial charge < -0.3 is 4.48 Å². The number of ketones is 1. The number of nitrogens with zero attached hydrogens (tertiary/aromatic N) is 1. The van der Waals surface area contributed by atoms with Crippen LogP contribution in [0.3, 0.4) is 0 Å². The molecule has 3 fully saturated rings. The molecule has 0 radical (unpaired) electrons. The number of rotatable bonds is 0. The minimum atomic E-state index is 0.216. The topological polar surface area (TPSA) is 17.1 Å². The van der Waals surface area contributed by atoms with Crippen molar-refractivity contribution >= 4 is 5.78 Å². The van der Waals surface area contributed by atoms with Crippen LogP contribution >= 0.6 is 0 Å². The Morgan fingerprint density at radius 1 is 1.37 bits per heavy atom. The van der Waals surface area contributed by atoms with Gasteiger partial charge >= 0.3 is 0 Å². The maximum absolute atomic E-state index is 12.7. The number of carbonyl (C=O) groups excluding carboxylic acids is 1. The molecule has 0 amide bonds. The minimum Gasteiger partial charge on any atom is -0.317 e. The second-order valence-electron chi connectivity index (χ2n) is 7.82. The Hall–Kier alpha value is -0.630. The van der Waals surface area contributed by atoms with Crippen molar-refractivity contribution in [1.29, 1.82) is 0 Å². The Kier molecular flexibility index (Phi) is 2.38. The molecule has 1 unspecified atom stereocenters. The fourth-order valence-electron chi connectivity index (χ4n) is 6.20. The predicted molar refractivity (Wildman–Crippen MR) is 75.6 cm³/mol. The van der Waals surface area contributed by atoms with Crippen LogP contribution in [0, 0.1) is 17.8 Å². The lowest BCUT2D eigenvalue weighted by molar-refractivity contribution is -0.965. The summed E-state index contributed by atoms with van der Waals surface area (Å²) in [6.45, 7) is 4.96. The monoisotopic (exact) mass is 260 g/mol. The van der Waals surface area contributed by atoms with E-state index in [9.17, 15) is 4.79 Å². The van der Waals surface area contributed by atoms with E-state index in [1.165, 1.54) is 43.3 Å². The molecule has 2 heteroatoms. The van der Waals surface area contributed by atoms with E-state index in [1.54, 1.807) is 5.57 Å². The van der Waals surface area contributed by atoms with Crippen molar-refractivity contribution in [2.75, 3.05) is 20.1 Å². The molecule has 2 saturated carbocycles. The van der Waals surface area contributed by atoms with E-state index in [0.717, 1.165) is 18.8 Å². The van der Waals surface area contributed by atoms with E-state index in [0.29, 0.717) is 17.6 Å². The summed E-state index contributed by atoms with van der Waals surface area (Å²) in [5.41, 5.74) is 1.93. The third-order valence-corrected chi connectivity index (χ3v) is 6.79. The smallest absolute Gasteiger partial charge is 0.143 e. The third-order valence-electron chi connectivity index (χ3n) is 6.79. The van der Waals surface area contributed by atoms with Crippen LogP contribution in [0.15, 0.2) is 11.6 Å². The van der Waals surface area contributed by atoms with Crippen molar-refractivity contribution in [3.05, 3.63) is 11.6 Å². The molecule has 19 heavy (non-hydrogen) atoms. The number of hydrogen-bond acceptors (Lipinski definition) is 1. The third kappa shape index (κ3) is 1.34. The molecule has 2 aliphatic heterocycles. The molecule has 0 N–H and O–H groups in total. The Morgan fingerprint density at radius 3 is 3.05 bits per heavy atom. The Balaban J connectivity index is 1.93. The zero-order chi connectivity index (χ0) is 13.3. The SMILES string of the molecule is C[C@@H]1C[C@H]2CC(=O)[C@H]3CCC[N+]4(C)CCC=C2[C@]34C1. The molecule has 1 spiro atoms. The normalized spacial score (nSPS) is 52.4. The van der Waals surface area contributed by atoms with Crippen LogP contribution in [0.1, 0.15) is 45.4 Å². The number of likely N-dealkylation sites (N-methyl/N-ethyl adjacent to an activating group) is 1. The number of Topliss-reactive ketones (excluding diaryl/α,β-unsaturated/α-hetero) is 1. The van der Waals surface area contributed by atoms with Crippen LogP contribution in [-0.4, -0.2) is 35.9 Å². The van der Waals surface area contributed by atoms with E-state index in [1.807, 2.05) is 0 Å². The highest BCUT2D eigenvalue weighted by molar-refractivity contribution is 5.85. The fourth-order valence-corrected chi connectivity index (χ4v) is 6.20. The van der Waals surface area contributed by atoms with Crippen molar-refractivity contribution < 1.29 is 9.28 Å². The van der Waals surface area contributed by atoms with E-state index >= 15 is 0 Å². The molecule has 4 rings (SSSR count). The first kappa shape index (κ1) is 12.1. The largest absolute Gasteiger partial charge is 0.317 e. The van der Waals surface area contributed by atoms with Crippen molar-refractivity contribution in [3.8, 4) is 0 Å². The standard InChI is InChI=1S/C17H26NO/c1-12-9-13-10-16(19)15-6-4-8-18(2)7-3-5-14(13)17(15,18)11-12/h5,12-13,15H,3-4,6-11H2,1-2H3/q+1/t12-,13+,15-,17-,18?/m1/s1.